The minimum atomic E-state index is -0.289. The van der Waals surface area contributed by atoms with E-state index in [2.05, 4.69) is 21.2 Å². The van der Waals surface area contributed by atoms with Gasteiger partial charge in [0, 0.05) is 17.9 Å². The zero-order valence-corrected chi connectivity index (χ0v) is 13.8. The number of thiophene rings is 1. The number of carbonyl (C=O) groups is 2. The lowest BCUT2D eigenvalue weighted by Crippen LogP contribution is -2.35. The molecule has 1 aromatic heterocycles. The van der Waals surface area contributed by atoms with Gasteiger partial charge in [-0.2, -0.15) is 0 Å². The zero-order chi connectivity index (χ0) is 15.0. The second-order valence-corrected chi connectivity index (χ2v) is 6.64. The number of rotatable bonds is 2. The van der Waals surface area contributed by atoms with E-state index >= 15 is 0 Å². The molecule has 1 N–H and O–H groups in total. The molecule has 1 aromatic carbocycles. The van der Waals surface area contributed by atoms with Gasteiger partial charge in [0.25, 0.3) is 5.91 Å². The van der Waals surface area contributed by atoms with E-state index in [-0.39, 0.29) is 11.8 Å². The Morgan fingerprint density at radius 2 is 2.19 bits per heavy atom. The van der Waals surface area contributed by atoms with Crippen molar-refractivity contribution < 1.29 is 9.59 Å². The summed E-state index contributed by atoms with van der Waals surface area (Å²) in [5, 5.41) is 5.10. The standard InChI is InChI=1S/C15H13BrN2O2S/c1-9(19)18(15(20)13-3-2-6-21-13)12-8-11(16)7-10-4-5-17-14(10)12/h2-3,6-8,17H,4-5H2,1H3. The van der Waals surface area contributed by atoms with Gasteiger partial charge in [0.2, 0.25) is 5.91 Å². The predicted octanol–water partition coefficient (Wildman–Crippen LogP) is 3.67. The summed E-state index contributed by atoms with van der Waals surface area (Å²) in [6.45, 7) is 2.23. The van der Waals surface area contributed by atoms with Crippen LogP contribution in [-0.4, -0.2) is 18.4 Å². The van der Waals surface area contributed by atoms with Crippen LogP contribution in [-0.2, 0) is 11.2 Å². The van der Waals surface area contributed by atoms with Gasteiger partial charge in [-0.15, -0.1) is 11.3 Å². The van der Waals surface area contributed by atoms with Crippen molar-refractivity contribution in [2.45, 2.75) is 13.3 Å². The number of halogens is 1. The molecule has 108 valence electrons. The first-order valence-electron chi connectivity index (χ1n) is 6.53. The van der Waals surface area contributed by atoms with Crippen LogP contribution in [0.25, 0.3) is 0 Å². The van der Waals surface area contributed by atoms with E-state index in [4.69, 9.17) is 0 Å². The van der Waals surface area contributed by atoms with Gasteiger partial charge in [-0.3, -0.25) is 9.59 Å². The van der Waals surface area contributed by atoms with Crippen LogP contribution in [0, 0.1) is 0 Å². The average molecular weight is 365 g/mol. The number of benzene rings is 1. The third kappa shape index (κ3) is 2.61. The highest BCUT2D eigenvalue weighted by Crippen LogP contribution is 2.37. The number of nitrogens with one attached hydrogen (secondary N) is 1. The first kappa shape index (κ1) is 14.3. The maximum atomic E-state index is 12.6. The van der Waals surface area contributed by atoms with Gasteiger partial charge in [-0.1, -0.05) is 22.0 Å². The quantitative estimate of drug-likeness (QED) is 0.884. The summed E-state index contributed by atoms with van der Waals surface area (Å²) < 4.78 is 0.866. The zero-order valence-electron chi connectivity index (χ0n) is 11.4. The van der Waals surface area contributed by atoms with Gasteiger partial charge in [0.1, 0.15) is 0 Å². The lowest BCUT2D eigenvalue weighted by molar-refractivity contribution is -0.115. The van der Waals surface area contributed by atoms with Gasteiger partial charge in [0.15, 0.2) is 0 Å². The number of imide groups is 1. The highest BCUT2D eigenvalue weighted by Gasteiger charge is 2.28. The molecular weight excluding hydrogens is 352 g/mol. The minimum Gasteiger partial charge on any atom is -0.383 e. The molecule has 0 saturated heterocycles. The Hall–Kier alpha value is -1.66. The van der Waals surface area contributed by atoms with Crippen LogP contribution in [0.4, 0.5) is 11.4 Å². The number of anilines is 2. The molecule has 2 heterocycles. The van der Waals surface area contributed by atoms with Crippen molar-refractivity contribution in [2.24, 2.45) is 0 Å². The summed E-state index contributed by atoms with van der Waals surface area (Å²) in [6.07, 6.45) is 0.890. The molecule has 1 aliphatic heterocycles. The van der Waals surface area contributed by atoms with E-state index in [0.29, 0.717) is 10.6 Å². The second kappa shape index (κ2) is 5.61. The Kier molecular flexibility index (Phi) is 3.82. The summed E-state index contributed by atoms with van der Waals surface area (Å²) in [6, 6.07) is 7.37. The lowest BCUT2D eigenvalue weighted by Gasteiger charge is -2.22. The molecule has 21 heavy (non-hydrogen) atoms. The fraction of sp³-hybridized carbons (Fsp3) is 0.200. The molecule has 2 aromatic rings. The largest absolute Gasteiger partial charge is 0.383 e. The third-order valence-electron chi connectivity index (χ3n) is 3.35. The van der Waals surface area contributed by atoms with Crippen molar-refractivity contribution >= 4 is 50.5 Å². The number of nitrogens with zero attached hydrogens (tertiary/aromatic N) is 1. The van der Waals surface area contributed by atoms with E-state index in [1.807, 2.05) is 17.5 Å². The van der Waals surface area contributed by atoms with Gasteiger partial charge >= 0.3 is 0 Å². The van der Waals surface area contributed by atoms with Gasteiger partial charge in [-0.25, -0.2) is 4.90 Å². The topological polar surface area (TPSA) is 49.4 Å². The predicted molar refractivity (Wildman–Crippen MR) is 88.1 cm³/mol. The Morgan fingerprint density at radius 3 is 2.86 bits per heavy atom. The van der Waals surface area contributed by atoms with Crippen molar-refractivity contribution in [3.63, 3.8) is 0 Å². The van der Waals surface area contributed by atoms with Crippen LogP contribution >= 0.6 is 27.3 Å². The molecule has 0 radical (unpaired) electrons. The molecule has 4 nitrogen and oxygen atoms in total. The smallest absolute Gasteiger partial charge is 0.275 e. The van der Waals surface area contributed by atoms with E-state index in [0.717, 1.165) is 28.7 Å². The number of carbonyl (C=O) groups excluding carboxylic acids is 2. The van der Waals surface area contributed by atoms with Crippen LogP contribution in [0.2, 0.25) is 0 Å². The van der Waals surface area contributed by atoms with Crippen LogP contribution in [0.1, 0.15) is 22.2 Å². The molecule has 1 aliphatic rings. The molecule has 0 unspecified atom stereocenters. The molecule has 0 aliphatic carbocycles. The van der Waals surface area contributed by atoms with Crippen LogP contribution in [0.5, 0.6) is 0 Å². The van der Waals surface area contributed by atoms with E-state index in [9.17, 15) is 9.59 Å². The fourth-order valence-corrected chi connectivity index (χ4v) is 3.63. The van der Waals surface area contributed by atoms with Crippen LogP contribution in [0.3, 0.4) is 0 Å². The van der Waals surface area contributed by atoms with Gasteiger partial charge in [-0.05, 0) is 35.6 Å². The SMILES string of the molecule is CC(=O)N(C(=O)c1cccs1)c1cc(Br)cc2c1NCC2. The van der Waals surface area contributed by atoms with E-state index in [1.54, 1.807) is 12.1 Å². The summed E-state index contributed by atoms with van der Waals surface area (Å²) in [5.74, 6) is -0.575. The Labute approximate surface area is 134 Å². The molecule has 3 rings (SSSR count). The molecule has 0 spiro atoms. The van der Waals surface area contributed by atoms with Gasteiger partial charge in [0.05, 0.1) is 16.3 Å². The van der Waals surface area contributed by atoms with Crippen molar-refractivity contribution in [1.82, 2.24) is 0 Å². The maximum Gasteiger partial charge on any atom is 0.275 e. The molecule has 6 heteroatoms. The number of fused-ring (bicyclic) bond motifs is 1. The highest BCUT2D eigenvalue weighted by molar-refractivity contribution is 9.10. The maximum absolute atomic E-state index is 12.6. The normalized spacial score (nSPS) is 12.7. The Morgan fingerprint density at radius 1 is 1.38 bits per heavy atom. The monoisotopic (exact) mass is 364 g/mol. The molecule has 0 saturated carbocycles. The molecule has 0 atom stereocenters. The van der Waals surface area contributed by atoms with Gasteiger partial charge < -0.3 is 5.32 Å². The summed E-state index contributed by atoms with van der Waals surface area (Å²) in [5.41, 5.74) is 2.60. The molecule has 0 bridgehead atoms. The summed E-state index contributed by atoms with van der Waals surface area (Å²) >= 11 is 4.79. The lowest BCUT2D eigenvalue weighted by atomic mass is 10.1. The number of hydrogen-bond donors (Lipinski definition) is 1. The molecular formula is C15H13BrN2O2S. The van der Waals surface area contributed by atoms with Crippen LogP contribution in [0.15, 0.2) is 34.1 Å². The molecule has 2 amide bonds. The first-order chi connectivity index (χ1) is 10.1. The van der Waals surface area contributed by atoms with Crippen molar-refractivity contribution in [1.29, 1.82) is 0 Å². The van der Waals surface area contributed by atoms with Crippen molar-refractivity contribution in [3.05, 3.63) is 44.6 Å². The Bertz CT molecular complexity index is 713. The highest BCUT2D eigenvalue weighted by atomic mass is 79.9. The van der Waals surface area contributed by atoms with Crippen molar-refractivity contribution in [2.75, 3.05) is 16.8 Å². The van der Waals surface area contributed by atoms with E-state index in [1.165, 1.54) is 23.2 Å². The minimum absolute atomic E-state index is 0.286. The first-order valence-corrected chi connectivity index (χ1v) is 8.20. The average Bonchev–Trinajstić information content (AvgIpc) is 3.08. The van der Waals surface area contributed by atoms with Crippen LogP contribution < -0.4 is 10.2 Å². The summed E-state index contributed by atoms with van der Waals surface area (Å²) in [7, 11) is 0. The third-order valence-corrected chi connectivity index (χ3v) is 4.67. The second-order valence-electron chi connectivity index (χ2n) is 4.77. The fourth-order valence-electron chi connectivity index (χ4n) is 2.48. The van der Waals surface area contributed by atoms with Crippen molar-refractivity contribution in [3.8, 4) is 0 Å². The Balaban J connectivity index is 2.11. The molecule has 0 fully saturated rings. The number of hydrogen-bond acceptors (Lipinski definition) is 4. The van der Waals surface area contributed by atoms with E-state index < -0.39 is 0 Å². The summed E-state index contributed by atoms with van der Waals surface area (Å²) in [4.78, 5) is 26.5. The number of amides is 2.